The van der Waals surface area contributed by atoms with Crippen LogP contribution < -0.4 is 0 Å². The predicted molar refractivity (Wildman–Crippen MR) is 358 cm³/mol. The van der Waals surface area contributed by atoms with Gasteiger partial charge in [0, 0.05) is 25.7 Å². The highest BCUT2D eigenvalue weighted by molar-refractivity contribution is 7.47. The summed E-state index contributed by atoms with van der Waals surface area (Å²) in [6.45, 7) is 11.7. The lowest BCUT2D eigenvalue weighted by molar-refractivity contribution is -0.161. The molecule has 89 heavy (non-hydrogen) atoms. The molecule has 0 aromatic carbocycles. The molecule has 528 valence electrons. The van der Waals surface area contributed by atoms with Gasteiger partial charge in [0.25, 0.3) is 0 Å². The maximum absolute atomic E-state index is 13.0. The Labute approximate surface area is 543 Å². The van der Waals surface area contributed by atoms with Crippen LogP contribution in [0.25, 0.3) is 0 Å². The second-order valence-electron chi connectivity index (χ2n) is 26.7. The van der Waals surface area contributed by atoms with Gasteiger partial charge in [0.1, 0.15) is 19.3 Å². The van der Waals surface area contributed by atoms with Crippen LogP contribution in [0.1, 0.15) is 350 Å². The fraction of sp³-hybridized carbons (Fsp3) is 0.943. The third-order valence-corrected chi connectivity index (χ3v) is 18.0. The molecule has 19 heteroatoms. The first kappa shape index (κ1) is 87.1. The highest BCUT2D eigenvalue weighted by Crippen LogP contribution is 2.45. The smallest absolute Gasteiger partial charge is 0.462 e. The standard InChI is InChI=1S/C70H136O17P2/c1-8-9-10-11-12-13-14-22-25-28-37-44-51-67(72)80-57-65(86-69(74)53-46-39-29-26-23-20-18-16-15-17-19-21-24-27-34-41-48-61(2)3)59-84-88(76,77)82-55-64(71)56-83-89(78,79)85-60-66(87-70(75)54-47-40-33-31-36-43-50-63(6)7)58-81-68(73)52-45-38-32-30-35-42-49-62(4)5/h61-66,71H,8-60H2,1-7H3,(H,76,77)(H,78,79)/t64-,65-,66-/m1/s1. The lowest BCUT2D eigenvalue weighted by Gasteiger charge is -2.21. The number of hydrogen-bond acceptors (Lipinski definition) is 15. The Hall–Kier alpha value is -1.94. The average Bonchev–Trinajstić information content (AvgIpc) is 3.66. The SMILES string of the molecule is CCCCCCCCCCCCCCC(=O)OC[C@H](COP(=O)(O)OC[C@@H](O)COP(=O)(O)OC[C@@H](COC(=O)CCCCCCCCC(C)C)OC(=O)CCCCCCCCC(C)C)OC(=O)CCCCCCCCCCCCCCCCCCC(C)C. The van der Waals surface area contributed by atoms with Gasteiger partial charge in [-0.15, -0.1) is 0 Å². The number of carbonyl (C=O) groups is 4. The molecule has 0 radical (unpaired) electrons. The van der Waals surface area contributed by atoms with Crippen LogP contribution in [0.3, 0.4) is 0 Å². The molecule has 0 saturated heterocycles. The van der Waals surface area contributed by atoms with Gasteiger partial charge >= 0.3 is 39.5 Å². The van der Waals surface area contributed by atoms with Crippen LogP contribution in [-0.2, 0) is 65.4 Å². The van der Waals surface area contributed by atoms with Gasteiger partial charge in [-0.2, -0.15) is 0 Å². The largest absolute Gasteiger partial charge is 0.472 e. The van der Waals surface area contributed by atoms with Crippen molar-refractivity contribution in [3.05, 3.63) is 0 Å². The molecule has 5 atom stereocenters. The second-order valence-corrected chi connectivity index (χ2v) is 29.6. The van der Waals surface area contributed by atoms with Crippen molar-refractivity contribution in [2.24, 2.45) is 17.8 Å². The number of carbonyl (C=O) groups excluding carboxylic acids is 4. The number of aliphatic hydroxyl groups excluding tert-OH is 1. The van der Waals surface area contributed by atoms with Crippen molar-refractivity contribution in [1.29, 1.82) is 0 Å². The fourth-order valence-electron chi connectivity index (χ4n) is 10.5. The molecule has 0 bridgehead atoms. The van der Waals surface area contributed by atoms with Crippen molar-refractivity contribution >= 4 is 39.5 Å². The number of hydrogen-bond donors (Lipinski definition) is 3. The predicted octanol–water partition coefficient (Wildman–Crippen LogP) is 19.8. The van der Waals surface area contributed by atoms with Gasteiger partial charge in [0.05, 0.1) is 26.4 Å². The summed E-state index contributed by atoms with van der Waals surface area (Å²) in [7, 11) is -9.90. The Balaban J connectivity index is 5.19. The van der Waals surface area contributed by atoms with Gasteiger partial charge in [-0.1, -0.05) is 299 Å². The maximum atomic E-state index is 13.0. The topological polar surface area (TPSA) is 237 Å². The lowest BCUT2D eigenvalue weighted by atomic mass is 10.0. The van der Waals surface area contributed by atoms with E-state index in [1.165, 1.54) is 154 Å². The molecule has 0 aliphatic rings. The van der Waals surface area contributed by atoms with Gasteiger partial charge in [-0.05, 0) is 43.4 Å². The highest BCUT2D eigenvalue weighted by Gasteiger charge is 2.30. The van der Waals surface area contributed by atoms with Gasteiger partial charge < -0.3 is 33.8 Å². The van der Waals surface area contributed by atoms with Gasteiger partial charge in [-0.25, -0.2) is 9.13 Å². The number of aliphatic hydroxyl groups is 1. The van der Waals surface area contributed by atoms with E-state index in [2.05, 4.69) is 48.5 Å². The summed E-state index contributed by atoms with van der Waals surface area (Å²) >= 11 is 0. The number of ether oxygens (including phenoxy) is 4. The highest BCUT2D eigenvalue weighted by atomic mass is 31.2. The van der Waals surface area contributed by atoms with Crippen molar-refractivity contribution < 1.29 is 80.2 Å². The van der Waals surface area contributed by atoms with E-state index in [-0.39, 0.29) is 25.7 Å². The minimum atomic E-state index is -4.95. The van der Waals surface area contributed by atoms with E-state index in [0.29, 0.717) is 37.5 Å². The minimum Gasteiger partial charge on any atom is -0.462 e. The quantitative estimate of drug-likeness (QED) is 0.0222. The number of rotatable bonds is 68. The molecule has 0 heterocycles. The number of phosphoric ester groups is 2. The minimum absolute atomic E-state index is 0.101. The zero-order valence-electron chi connectivity index (χ0n) is 57.9. The lowest BCUT2D eigenvalue weighted by Crippen LogP contribution is -2.30. The summed E-state index contributed by atoms with van der Waals surface area (Å²) in [6, 6.07) is 0. The van der Waals surface area contributed by atoms with Crippen molar-refractivity contribution in [1.82, 2.24) is 0 Å². The Morgan fingerprint density at radius 3 is 0.764 bits per heavy atom. The maximum Gasteiger partial charge on any atom is 0.472 e. The molecular weight excluding hydrogens is 1170 g/mol. The molecule has 0 aromatic heterocycles. The molecule has 0 aliphatic carbocycles. The van der Waals surface area contributed by atoms with Crippen LogP contribution in [0.15, 0.2) is 0 Å². The molecule has 0 aliphatic heterocycles. The van der Waals surface area contributed by atoms with Gasteiger partial charge in [0.2, 0.25) is 0 Å². The van der Waals surface area contributed by atoms with Crippen LogP contribution >= 0.6 is 15.6 Å². The van der Waals surface area contributed by atoms with Crippen molar-refractivity contribution in [2.45, 2.75) is 369 Å². The van der Waals surface area contributed by atoms with Crippen molar-refractivity contribution in [3.63, 3.8) is 0 Å². The molecule has 0 fully saturated rings. The molecule has 17 nitrogen and oxygen atoms in total. The third-order valence-electron chi connectivity index (χ3n) is 16.1. The molecule has 0 rings (SSSR count). The van der Waals surface area contributed by atoms with Crippen molar-refractivity contribution in [2.75, 3.05) is 39.6 Å². The van der Waals surface area contributed by atoms with Crippen LogP contribution in [-0.4, -0.2) is 96.7 Å². The van der Waals surface area contributed by atoms with E-state index in [1.807, 2.05) is 0 Å². The molecule has 2 unspecified atom stereocenters. The Bertz CT molecular complexity index is 1750. The average molecular weight is 1310 g/mol. The molecule has 0 amide bonds. The van der Waals surface area contributed by atoms with Gasteiger partial charge in [-0.3, -0.25) is 37.3 Å². The Morgan fingerprint density at radius 2 is 0.517 bits per heavy atom. The summed E-state index contributed by atoms with van der Waals surface area (Å²) < 4.78 is 68.2. The van der Waals surface area contributed by atoms with E-state index in [4.69, 9.17) is 37.0 Å². The van der Waals surface area contributed by atoms with Gasteiger partial charge in [0.15, 0.2) is 12.2 Å². The first-order valence-corrected chi connectivity index (χ1v) is 39.3. The van der Waals surface area contributed by atoms with E-state index < -0.39 is 97.5 Å². The number of phosphoric acid groups is 2. The summed E-state index contributed by atoms with van der Waals surface area (Å²) in [4.78, 5) is 72.4. The zero-order valence-corrected chi connectivity index (χ0v) is 59.7. The summed E-state index contributed by atoms with van der Waals surface area (Å²) in [5.74, 6) is 0.0258. The molecule has 3 N–H and O–H groups in total. The Morgan fingerprint density at radius 1 is 0.303 bits per heavy atom. The molecular formula is C70H136O17P2. The molecule has 0 aromatic rings. The van der Waals surface area contributed by atoms with Crippen LogP contribution in [0.5, 0.6) is 0 Å². The van der Waals surface area contributed by atoms with E-state index in [0.717, 1.165) is 102 Å². The number of esters is 4. The van der Waals surface area contributed by atoms with E-state index >= 15 is 0 Å². The van der Waals surface area contributed by atoms with Crippen molar-refractivity contribution in [3.8, 4) is 0 Å². The van der Waals surface area contributed by atoms with Crippen LogP contribution in [0.2, 0.25) is 0 Å². The number of unbranched alkanes of at least 4 members (excludes halogenated alkanes) is 36. The molecule has 0 saturated carbocycles. The van der Waals surface area contributed by atoms with Crippen LogP contribution in [0, 0.1) is 17.8 Å². The van der Waals surface area contributed by atoms with E-state index in [1.54, 1.807) is 0 Å². The normalized spacial score (nSPS) is 14.2. The fourth-order valence-corrected chi connectivity index (χ4v) is 12.1. The monoisotopic (exact) mass is 1310 g/mol. The van der Waals surface area contributed by atoms with Crippen LogP contribution in [0.4, 0.5) is 0 Å². The summed E-state index contributed by atoms with van der Waals surface area (Å²) in [5, 5.41) is 10.6. The first-order chi connectivity index (χ1) is 42.7. The molecule has 0 spiro atoms. The first-order valence-electron chi connectivity index (χ1n) is 36.3. The Kier molecular flexibility index (Phi) is 59.6. The van der Waals surface area contributed by atoms with E-state index in [9.17, 15) is 43.2 Å². The summed E-state index contributed by atoms with van der Waals surface area (Å²) in [6.07, 6.45) is 44.8. The third kappa shape index (κ3) is 64.6. The zero-order chi connectivity index (χ0) is 65.9. The second kappa shape index (κ2) is 61.0. The summed E-state index contributed by atoms with van der Waals surface area (Å²) in [5.41, 5.74) is 0.